The van der Waals surface area contributed by atoms with Gasteiger partial charge < -0.3 is 19.4 Å². The summed E-state index contributed by atoms with van der Waals surface area (Å²) in [6.45, 7) is 3.65. The average Bonchev–Trinajstić information content (AvgIpc) is 3.31. The number of H-pyrrole nitrogens is 1. The van der Waals surface area contributed by atoms with Crippen LogP contribution in [0, 0.1) is 0 Å². The molecule has 5 rings (SSSR count). The van der Waals surface area contributed by atoms with Gasteiger partial charge in [-0.1, -0.05) is 28.1 Å². The third-order valence-corrected chi connectivity index (χ3v) is 7.48. The first-order valence-corrected chi connectivity index (χ1v) is 12.3. The van der Waals surface area contributed by atoms with E-state index in [-0.39, 0.29) is 18.6 Å². The number of benzene rings is 2. The molecule has 3 unspecified atom stereocenters. The summed E-state index contributed by atoms with van der Waals surface area (Å²) in [6, 6.07) is 12.2. The van der Waals surface area contributed by atoms with Gasteiger partial charge in [0, 0.05) is 27.5 Å². The lowest BCUT2D eigenvalue weighted by molar-refractivity contribution is -0.150. The number of hydrogen-bond donors (Lipinski definition) is 1. The molecule has 1 aromatic heterocycles. The third-order valence-electron chi connectivity index (χ3n) is 6.58. The zero-order valence-electron chi connectivity index (χ0n) is 19.0. The first-order chi connectivity index (χ1) is 16.3. The molecule has 0 saturated carbocycles. The first-order valence-electron chi connectivity index (χ1n) is 11.1. The third kappa shape index (κ3) is 3.49. The van der Waals surface area contributed by atoms with Crippen molar-refractivity contribution in [2.45, 2.75) is 38.4 Å². The van der Waals surface area contributed by atoms with Crippen molar-refractivity contribution >= 4 is 56.0 Å². The Hall–Kier alpha value is -2.91. The van der Waals surface area contributed by atoms with E-state index in [9.17, 15) is 9.59 Å². The number of rotatable bonds is 5. The van der Waals surface area contributed by atoms with Gasteiger partial charge >= 0.3 is 5.97 Å². The number of nitrogens with zero attached hydrogens (tertiary/aromatic N) is 2. The zero-order valence-corrected chi connectivity index (χ0v) is 21.4. The van der Waals surface area contributed by atoms with Gasteiger partial charge in [0.25, 0.3) is 5.91 Å². The molecule has 1 saturated heterocycles. The number of nitrogens with one attached hydrogen (secondary N) is 1. The maximum atomic E-state index is 13.7. The lowest BCUT2D eigenvalue weighted by Gasteiger charge is -2.37. The van der Waals surface area contributed by atoms with E-state index < -0.39 is 18.1 Å². The lowest BCUT2D eigenvalue weighted by Crippen LogP contribution is -2.45. The van der Waals surface area contributed by atoms with Gasteiger partial charge in [0.15, 0.2) is 5.11 Å². The fourth-order valence-corrected chi connectivity index (χ4v) is 5.81. The molecule has 2 aromatic carbocycles. The monoisotopic (exact) mass is 541 g/mol. The summed E-state index contributed by atoms with van der Waals surface area (Å²) in [4.78, 5) is 33.1. The van der Waals surface area contributed by atoms with E-state index in [0.717, 1.165) is 37.9 Å². The van der Waals surface area contributed by atoms with E-state index in [4.69, 9.17) is 21.7 Å². The molecular weight excluding hydrogens is 518 g/mol. The van der Waals surface area contributed by atoms with Gasteiger partial charge in [-0.2, -0.15) is 0 Å². The van der Waals surface area contributed by atoms with Crippen LogP contribution in [0.5, 0.6) is 5.75 Å². The Kier molecular flexibility index (Phi) is 5.85. The number of ether oxygens (including phenoxy) is 2. The lowest BCUT2D eigenvalue weighted by atomic mass is 9.89. The van der Waals surface area contributed by atoms with Gasteiger partial charge in [-0.15, -0.1) is 0 Å². The van der Waals surface area contributed by atoms with Crippen molar-refractivity contribution in [2.75, 3.05) is 13.7 Å². The number of fused-ring (bicyclic) bond motifs is 4. The van der Waals surface area contributed by atoms with E-state index in [1.165, 1.54) is 4.90 Å². The molecule has 3 heterocycles. The Morgan fingerprint density at radius 3 is 2.68 bits per heavy atom. The van der Waals surface area contributed by atoms with Crippen LogP contribution in [-0.4, -0.2) is 57.6 Å². The Balaban J connectivity index is 1.66. The molecule has 1 amide bonds. The number of aromatic nitrogens is 1. The summed E-state index contributed by atoms with van der Waals surface area (Å²) in [5, 5.41) is 1.40. The summed E-state index contributed by atoms with van der Waals surface area (Å²) in [7, 11) is 1.63. The van der Waals surface area contributed by atoms with E-state index >= 15 is 0 Å². The summed E-state index contributed by atoms with van der Waals surface area (Å²) in [5.41, 5.74) is 4.05. The molecule has 2 aliphatic heterocycles. The van der Waals surface area contributed by atoms with Crippen LogP contribution in [0.15, 0.2) is 46.9 Å². The number of esters is 1. The number of carbonyl (C=O) groups is 2. The van der Waals surface area contributed by atoms with E-state index in [0.29, 0.717) is 11.5 Å². The van der Waals surface area contributed by atoms with Gasteiger partial charge in [-0.05, 0) is 67.5 Å². The largest absolute Gasteiger partial charge is 0.497 e. The smallest absolute Gasteiger partial charge is 0.329 e. The molecule has 9 heteroatoms. The van der Waals surface area contributed by atoms with Crippen molar-refractivity contribution in [1.29, 1.82) is 0 Å². The number of hydrogen-bond acceptors (Lipinski definition) is 5. The second kappa shape index (κ2) is 8.70. The van der Waals surface area contributed by atoms with E-state index in [1.807, 2.05) is 41.3 Å². The van der Waals surface area contributed by atoms with Crippen LogP contribution in [0.1, 0.15) is 36.7 Å². The summed E-state index contributed by atoms with van der Waals surface area (Å²) in [5.74, 6) is 0.0977. The summed E-state index contributed by atoms with van der Waals surface area (Å²) in [6.07, 6.45) is 0.490. The number of aromatic amines is 1. The van der Waals surface area contributed by atoms with Crippen molar-refractivity contribution < 1.29 is 19.1 Å². The minimum Gasteiger partial charge on any atom is -0.497 e. The van der Waals surface area contributed by atoms with Gasteiger partial charge in [-0.25, -0.2) is 4.79 Å². The molecule has 1 fully saturated rings. The maximum absolute atomic E-state index is 13.7. The standard InChI is InChI=1S/C25H24BrN3O4S/c1-4-33-24(31)13(2)28-23(30)20-12-18-17-11-15(26)7-10-19(17)27-21(18)22(29(20)25(28)34)14-5-8-16(32-3)9-6-14/h5-11,13,20,22,27H,4,12H2,1-3H3. The Morgan fingerprint density at radius 2 is 2.00 bits per heavy atom. The van der Waals surface area contributed by atoms with Crippen LogP contribution in [-0.2, 0) is 20.7 Å². The van der Waals surface area contributed by atoms with Crippen molar-refractivity contribution in [3.8, 4) is 5.75 Å². The normalized spacial score (nSPS) is 20.4. The van der Waals surface area contributed by atoms with Crippen LogP contribution >= 0.6 is 28.1 Å². The second-order valence-electron chi connectivity index (χ2n) is 8.43. The zero-order chi connectivity index (χ0) is 24.1. The summed E-state index contributed by atoms with van der Waals surface area (Å²) < 4.78 is 11.5. The Morgan fingerprint density at radius 1 is 1.26 bits per heavy atom. The topological polar surface area (TPSA) is 74.9 Å². The highest BCUT2D eigenvalue weighted by atomic mass is 79.9. The van der Waals surface area contributed by atoms with Crippen molar-refractivity contribution in [3.63, 3.8) is 0 Å². The molecule has 0 radical (unpaired) electrons. The predicted molar refractivity (Wildman–Crippen MR) is 136 cm³/mol. The highest BCUT2D eigenvalue weighted by Crippen LogP contribution is 2.45. The average molecular weight is 542 g/mol. The van der Waals surface area contributed by atoms with Crippen molar-refractivity contribution in [3.05, 3.63) is 63.8 Å². The summed E-state index contributed by atoms with van der Waals surface area (Å²) >= 11 is 9.40. The minimum absolute atomic E-state index is 0.181. The fourth-order valence-electron chi connectivity index (χ4n) is 4.97. The highest BCUT2D eigenvalue weighted by molar-refractivity contribution is 9.10. The second-order valence-corrected chi connectivity index (χ2v) is 9.71. The van der Waals surface area contributed by atoms with Crippen molar-refractivity contribution in [2.24, 2.45) is 0 Å². The Labute approximate surface area is 211 Å². The highest BCUT2D eigenvalue weighted by Gasteiger charge is 2.52. The molecule has 34 heavy (non-hydrogen) atoms. The van der Waals surface area contributed by atoms with E-state index in [1.54, 1.807) is 21.0 Å². The van der Waals surface area contributed by atoms with Gasteiger partial charge in [0.1, 0.15) is 17.8 Å². The van der Waals surface area contributed by atoms with Crippen LogP contribution in [0.3, 0.4) is 0 Å². The quantitative estimate of drug-likeness (QED) is 0.382. The Bertz CT molecular complexity index is 1310. The molecule has 7 nitrogen and oxygen atoms in total. The van der Waals surface area contributed by atoms with Crippen LogP contribution in [0.4, 0.5) is 0 Å². The van der Waals surface area contributed by atoms with Gasteiger partial charge in [-0.3, -0.25) is 9.69 Å². The molecule has 0 aliphatic carbocycles. The number of thiocarbonyl (C=S) groups is 1. The van der Waals surface area contributed by atoms with Gasteiger partial charge in [0.05, 0.1) is 19.8 Å². The first kappa shape index (κ1) is 22.9. The number of carbonyl (C=O) groups excluding carboxylic acids is 2. The number of methoxy groups -OCH3 is 1. The molecule has 3 aromatic rings. The molecule has 2 aliphatic rings. The predicted octanol–water partition coefficient (Wildman–Crippen LogP) is 4.33. The number of halogens is 1. The molecule has 0 spiro atoms. The molecule has 176 valence electrons. The molecule has 3 atom stereocenters. The minimum atomic E-state index is -0.800. The van der Waals surface area contributed by atoms with Crippen LogP contribution in [0.2, 0.25) is 0 Å². The maximum Gasteiger partial charge on any atom is 0.329 e. The molecular formula is C25H24BrN3O4S. The van der Waals surface area contributed by atoms with Crippen LogP contribution in [0.25, 0.3) is 10.9 Å². The molecule has 1 N–H and O–H groups in total. The fraction of sp³-hybridized carbons (Fsp3) is 0.320. The molecule has 0 bridgehead atoms. The van der Waals surface area contributed by atoms with E-state index in [2.05, 4.69) is 27.0 Å². The number of amides is 1. The van der Waals surface area contributed by atoms with Gasteiger partial charge in [0.2, 0.25) is 0 Å². The van der Waals surface area contributed by atoms with Crippen LogP contribution < -0.4 is 4.74 Å². The van der Waals surface area contributed by atoms with Crippen molar-refractivity contribution in [1.82, 2.24) is 14.8 Å². The SMILES string of the molecule is CCOC(=O)C(C)N1C(=O)C2Cc3c([nH]c4ccc(Br)cc34)C(c3ccc(OC)cc3)N2C1=S.